The Balaban J connectivity index is 1.71. The number of thioether (sulfide) groups is 1. The number of rotatable bonds is 16. The summed E-state index contributed by atoms with van der Waals surface area (Å²) in [5.41, 5.74) is 0.694. The Kier molecular flexibility index (Phi) is 16.7. The number of esters is 4. The fourth-order valence-corrected chi connectivity index (χ4v) is 6.93. The summed E-state index contributed by atoms with van der Waals surface area (Å²) < 4.78 is 59.9. The number of ether oxygens (including phenoxy) is 10. The fraction of sp³-hybridized carbons (Fsp3) is 0.667. The third-order valence-electron chi connectivity index (χ3n) is 8.40. The largest absolute Gasteiger partial charge is 0.463 e. The second-order valence-corrected chi connectivity index (χ2v) is 14.2. The van der Waals surface area contributed by atoms with Crippen LogP contribution in [-0.2, 0) is 76.1 Å². The maximum absolute atomic E-state index is 12.7. The van der Waals surface area contributed by atoms with Gasteiger partial charge in [-0.15, -0.1) is 0 Å². The van der Waals surface area contributed by atoms with E-state index in [0.717, 1.165) is 33.6 Å². The van der Waals surface area contributed by atoms with Gasteiger partial charge in [0, 0.05) is 59.5 Å². The van der Waals surface area contributed by atoms with Crippen LogP contribution in [0, 0.1) is 0 Å². The summed E-state index contributed by atoms with van der Waals surface area (Å²) >= 11 is 1.25. The molecule has 5 unspecified atom stereocenters. The summed E-state index contributed by atoms with van der Waals surface area (Å²) in [6.07, 6.45) is -10.1. The first-order valence-corrected chi connectivity index (χ1v) is 18.7. The molecule has 0 bridgehead atoms. The van der Waals surface area contributed by atoms with Crippen LogP contribution in [-0.4, -0.2) is 122 Å². The molecule has 3 saturated heterocycles. The molecule has 0 radical (unpaired) electrons. The molecule has 1 N–H and O–H groups in total. The lowest BCUT2D eigenvalue weighted by Crippen LogP contribution is -2.70. The molecule has 1 aromatic rings. The van der Waals surface area contributed by atoms with Gasteiger partial charge in [0.05, 0.1) is 6.61 Å². The van der Waals surface area contributed by atoms with E-state index in [1.807, 2.05) is 30.3 Å². The number of amides is 1. The molecule has 0 spiro atoms. The average Bonchev–Trinajstić information content (AvgIpc) is 3.10. The van der Waals surface area contributed by atoms with Gasteiger partial charge in [0.1, 0.15) is 37.1 Å². The van der Waals surface area contributed by atoms with Crippen LogP contribution >= 0.6 is 11.8 Å². The van der Waals surface area contributed by atoms with Crippen molar-refractivity contribution >= 4 is 46.7 Å². The van der Waals surface area contributed by atoms with Gasteiger partial charge in [-0.25, -0.2) is 0 Å². The van der Waals surface area contributed by atoms with Crippen LogP contribution in [0.2, 0.25) is 0 Å². The van der Waals surface area contributed by atoms with E-state index >= 15 is 0 Å². The van der Waals surface area contributed by atoms with Crippen molar-refractivity contribution in [2.24, 2.45) is 0 Å². The van der Waals surface area contributed by atoms with Gasteiger partial charge in [-0.2, -0.15) is 0 Å². The van der Waals surface area contributed by atoms with E-state index < -0.39 is 104 Å². The van der Waals surface area contributed by atoms with E-state index in [9.17, 15) is 28.8 Å². The lowest BCUT2D eigenvalue weighted by Gasteiger charge is -2.51. The fourth-order valence-electron chi connectivity index (χ4n) is 6.29. The minimum absolute atomic E-state index is 0.0254. The Hall–Kier alpha value is -3.65. The standard InChI is InChI=1S/C36H49NO16S/c1-19(38)37-28-31(53-36-33(49-23(5)42)32(48-22(4)41)30(47-21(3)40)26(51-36)17-45-20(2)39)29-27(18-46-34(52-29)25-13-9-7-10-14-25)50-35(28)44-15-11-8-12-16-54-24(6)43/h7,9-10,13-14,26-36H,8,11-12,15-18H2,1-6H3,(H,37,38)/t26?,27?,28?,29-,30-,31+,32-,33?,34?,35-,36-/m0/s1. The SMILES string of the molecule is CC(=O)NC1[C@@H](OCCCCCSC(C)=O)OC2COC(c3ccccc3)O[C@@H]2[C@@H]1O[C@@H]1OC(COC(C)=O)[C@H](OC(C)=O)[C@H](OC(C)=O)C1OC(C)=O. The number of hydrogen-bond donors (Lipinski definition) is 1. The number of carbonyl (C=O) groups excluding carboxylic acids is 6. The van der Waals surface area contributed by atoms with E-state index in [1.54, 1.807) is 0 Å². The number of fused-ring (bicyclic) bond motifs is 1. The molecule has 0 aromatic heterocycles. The number of carbonyl (C=O) groups is 6. The van der Waals surface area contributed by atoms with Crippen LogP contribution in [0.5, 0.6) is 0 Å². The van der Waals surface area contributed by atoms with Crippen molar-refractivity contribution in [3.05, 3.63) is 35.9 Å². The smallest absolute Gasteiger partial charge is 0.303 e. The van der Waals surface area contributed by atoms with Crippen LogP contribution in [0.15, 0.2) is 30.3 Å². The van der Waals surface area contributed by atoms with Crippen LogP contribution in [0.3, 0.4) is 0 Å². The van der Waals surface area contributed by atoms with Gasteiger partial charge in [0.25, 0.3) is 0 Å². The highest BCUT2D eigenvalue weighted by atomic mass is 32.2. The molecule has 54 heavy (non-hydrogen) atoms. The minimum Gasteiger partial charge on any atom is -0.463 e. The summed E-state index contributed by atoms with van der Waals surface area (Å²) in [5.74, 6) is -2.87. The molecule has 4 rings (SSSR count). The highest BCUT2D eigenvalue weighted by molar-refractivity contribution is 8.13. The molecule has 3 fully saturated rings. The maximum Gasteiger partial charge on any atom is 0.303 e. The molecule has 300 valence electrons. The van der Waals surface area contributed by atoms with Crippen molar-refractivity contribution in [1.29, 1.82) is 0 Å². The molecule has 3 aliphatic heterocycles. The lowest BCUT2D eigenvalue weighted by molar-refractivity contribution is -0.378. The molecule has 1 amide bonds. The Morgan fingerprint density at radius 3 is 2.04 bits per heavy atom. The zero-order valence-corrected chi connectivity index (χ0v) is 31.9. The number of benzene rings is 1. The van der Waals surface area contributed by atoms with Gasteiger partial charge in [0.2, 0.25) is 5.91 Å². The van der Waals surface area contributed by atoms with Gasteiger partial charge in [0.15, 0.2) is 42.3 Å². The summed E-state index contributed by atoms with van der Waals surface area (Å²) in [6, 6.07) is 8.05. The van der Waals surface area contributed by atoms with E-state index in [0.29, 0.717) is 17.7 Å². The molecule has 11 atom stereocenters. The van der Waals surface area contributed by atoms with Crippen molar-refractivity contribution < 1.29 is 76.1 Å². The second-order valence-electron chi connectivity index (χ2n) is 12.9. The van der Waals surface area contributed by atoms with Crippen molar-refractivity contribution in [1.82, 2.24) is 5.32 Å². The first kappa shape index (κ1) is 43.1. The first-order valence-electron chi connectivity index (χ1n) is 17.7. The summed E-state index contributed by atoms with van der Waals surface area (Å²) in [5, 5.41) is 2.90. The quantitative estimate of drug-likeness (QED) is 0.145. The molecular weight excluding hydrogens is 734 g/mol. The van der Waals surface area contributed by atoms with Gasteiger partial charge < -0.3 is 52.7 Å². The molecule has 1 aromatic carbocycles. The van der Waals surface area contributed by atoms with Crippen molar-refractivity contribution in [3.8, 4) is 0 Å². The van der Waals surface area contributed by atoms with Crippen molar-refractivity contribution in [2.75, 3.05) is 25.6 Å². The maximum atomic E-state index is 12.7. The van der Waals surface area contributed by atoms with Gasteiger partial charge in [-0.3, -0.25) is 28.8 Å². The molecule has 18 heteroatoms. The number of hydrogen-bond acceptors (Lipinski definition) is 17. The van der Waals surface area contributed by atoms with Gasteiger partial charge >= 0.3 is 23.9 Å². The van der Waals surface area contributed by atoms with Crippen LogP contribution in [0.25, 0.3) is 0 Å². The molecule has 0 aliphatic carbocycles. The lowest BCUT2D eigenvalue weighted by atomic mass is 9.94. The highest BCUT2D eigenvalue weighted by Crippen LogP contribution is 2.38. The normalized spacial score (nSPS) is 30.6. The van der Waals surface area contributed by atoms with E-state index in [4.69, 9.17) is 47.4 Å². The molecule has 17 nitrogen and oxygen atoms in total. The van der Waals surface area contributed by atoms with Crippen molar-refractivity contribution in [2.45, 2.75) is 128 Å². The third kappa shape index (κ3) is 12.7. The first-order chi connectivity index (χ1) is 25.7. The molecule has 3 aliphatic rings. The third-order valence-corrected chi connectivity index (χ3v) is 9.30. The number of unbranched alkanes of at least 4 members (excludes halogenated alkanes) is 2. The van der Waals surface area contributed by atoms with Crippen LogP contribution < -0.4 is 5.32 Å². The molecule has 3 heterocycles. The zero-order chi connectivity index (χ0) is 39.4. The van der Waals surface area contributed by atoms with Gasteiger partial charge in [-0.1, -0.05) is 48.5 Å². The molecule has 0 saturated carbocycles. The molecular formula is C36H49NO16S. The van der Waals surface area contributed by atoms with E-state index in [2.05, 4.69) is 5.32 Å². The Morgan fingerprint density at radius 1 is 0.741 bits per heavy atom. The highest BCUT2D eigenvalue weighted by Gasteiger charge is 2.57. The van der Waals surface area contributed by atoms with E-state index in [1.165, 1.54) is 32.5 Å². The minimum atomic E-state index is -1.59. The summed E-state index contributed by atoms with van der Waals surface area (Å²) in [6.45, 7) is 7.12. The van der Waals surface area contributed by atoms with Crippen LogP contribution in [0.4, 0.5) is 0 Å². The Morgan fingerprint density at radius 2 is 1.41 bits per heavy atom. The summed E-state index contributed by atoms with van der Waals surface area (Å²) in [7, 11) is 0. The predicted octanol–water partition coefficient (Wildman–Crippen LogP) is 2.27. The predicted molar refractivity (Wildman–Crippen MR) is 186 cm³/mol. The topological polar surface area (TPSA) is 207 Å². The Labute approximate surface area is 317 Å². The van der Waals surface area contributed by atoms with Crippen molar-refractivity contribution in [3.63, 3.8) is 0 Å². The monoisotopic (exact) mass is 783 g/mol. The zero-order valence-electron chi connectivity index (χ0n) is 31.1. The second kappa shape index (κ2) is 20.9. The van der Waals surface area contributed by atoms with Gasteiger partial charge in [-0.05, 0) is 12.8 Å². The average molecular weight is 784 g/mol. The van der Waals surface area contributed by atoms with E-state index in [-0.39, 0.29) is 18.3 Å². The Bertz CT molecular complexity index is 1450. The summed E-state index contributed by atoms with van der Waals surface area (Å²) in [4.78, 5) is 73.1. The van der Waals surface area contributed by atoms with Crippen LogP contribution in [0.1, 0.15) is 72.7 Å². The number of nitrogens with one attached hydrogen (secondary N) is 1.